The number of unbranched alkanes of at least 4 members (excludes halogenated alkanes) is 1. The normalized spacial score (nSPS) is 27.4. The first kappa shape index (κ1) is 6.09. The minimum Gasteiger partial charge on any atom is -0.378 e. The van der Waals surface area contributed by atoms with E-state index < -0.39 is 0 Å². The molecular formula is C7H13O. The van der Waals surface area contributed by atoms with Crippen molar-refractivity contribution in [2.45, 2.75) is 32.3 Å². The van der Waals surface area contributed by atoms with Gasteiger partial charge in [-0.05, 0) is 19.3 Å². The molecule has 0 aromatic carbocycles. The molecule has 8 heavy (non-hydrogen) atoms. The van der Waals surface area contributed by atoms with E-state index in [4.69, 9.17) is 4.74 Å². The third-order valence-electron chi connectivity index (χ3n) is 1.45. The van der Waals surface area contributed by atoms with Gasteiger partial charge in [-0.3, -0.25) is 0 Å². The predicted octanol–water partition coefficient (Wildman–Crippen LogP) is 1.78. The lowest BCUT2D eigenvalue weighted by molar-refractivity contribution is -0.0305. The molecule has 1 aliphatic rings. The summed E-state index contributed by atoms with van der Waals surface area (Å²) in [4.78, 5) is 0. The van der Waals surface area contributed by atoms with Crippen LogP contribution in [-0.4, -0.2) is 12.7 Å². The van der Waals surface area contributed by atoms with E-state index in [0.29, 0.717) is 6.10 Å². The molecular weight excluding hydrogens is 100 g/mol. The zero-order valence-corrected chi connectivity index (χ0v) is 5.39. The fraction of sp³-hybridized carbons (Fsp3) is 0.857. The largest absolute Gasteiger partial charge is 0.378 e. The molecule has 1 heterocycles. The highest BCUT2D eigenvalue weighted by atomic mass is 16.5. The molecule has 0 amide bonds. The fourth-order valence-electron chi connectivity index (χ4n) is 0.792. The van der Waals surface area contributed by atoms with Crippen LogP contribution in [0.2, 0.25) is 0 Å². The average Bonchev–Trinajstić information content (AvgIpc) is 1.63. The molecule has 1 heteroatoms. The van der Waals surface area contributed by atoms with Gasteiger partial charge in [-0.15, -0.1) is 0 Å². The standard InChI is InChI=1S/C7H13O/c1-2-3-4-7-5-6-8-7/h4,7H,2-3,5-6H2,1H3. The van der Waals surface area contributed by atoms with Crippen LogP contribution in [0.15, 0.2) is 0 Å². The van der Waals surface area contributed by atoms with E-state index in [2.05, 4.69) is 13.3 Å². The summed E-state index contributed by atoms with van der Waals surface area (Å²) in [6.07, 6.45) is 6.49. The Morgan fingerprint density at radius 1 is 1.75 bits per heavy atom. The second-order valence-electron chi connectivity index (χ2n) is 2.22. The lowest BCUT2D eigenvalue weighted by Gasteiger charge is -2.25. The first-order valence-electron chi connectivity index (χ1n) is 3.38. The molecule has 0 N–H and O–H groups in total. The summed E-state index contributed by atoms with van der Waals surface area (Å²) in [6, 6.07) is 0. The van der Waals surface area contributed by atoms with E-state index in [1.165, 1.54) is 19.3 Å². The third kappa shape index (κ3) is 1.48. The summed E-state index contributed by atoms with van der Waals surface area (Å²) < 4.78 is 5.18. The highest BCUT2D eigenvalue weighted by Gasteiger charge is 2.16. The second-order valence-corrected chi connectivity index (χ2v) is 2.22. The van der Waals surface area contributed by atoms with Crippen molar-refractivity contribution < 1.29 is 4.74 Å². The van der Waals surface area contributed by atoms with Gasteiger partial charge in [-0.1, -0.05) is 13.3 Å². The molecule has 1 fully saturated rings. The Balaban J connectivity index is 1.86. The number of rotatable bonds is 3. The molecule has 0 aromatic heterocycles. The first-order valence-corrected chi connectivity index (χ1v) is 3.38. The zero-order chi connectivity index (χ0) is 5.82. The van der Waals surface area contributed by atoms with Crippen LogP contribution >= 0.6 is 0 Å². The van der Waals surface area contributed by atoms with Crippen LogP contribution in [0.1, 0.15) is 26.2 Å². The van der Waals surface area contributed by atoms with Crippen LogP contribution in [0.5, 0.6) is 0 Å². The summed E-state index contributed by atoms with van der Waals surface area (Å²) in [5, 5.41) is 0. The minimum atomic E-state index is 0.509. The van der Waals surface area contributed by atoms with Crippen molar-refractivity contribution in [3.05, 3.63) is 6.42 Å². The van der Waals surface area contributed by atoms with Crippen molar-refractivity contribution in [1.82, 2.24) is 0 Å². The third-order valence-corrected chi connectivity index (χ3v) is 1.45. The molecule has 1 rings (SSSR count). The Hall–Kier alpha value is -0.0400. The first-order chi connectivity index (χ1) is 3.93. The van der Waals surface area contributed by atoms with Crippen molar-refractivity contribution >= 4 is 0 Å². The summed E-state index contributed by atoms with van der Waals surface area (Å²) in [6.45, 7) is 3.17. The molecule has 0 aromatic rings. The number of hydrogen-bond acceptors (Lipinski definition) is 1. The molecule has 1 saturated heterocycles. The Morgan fingerprint density at radius 2 is 2.50 bits per heavy atom. The van der Waals surface area contributed by atoms with E-state index >= 15 is 0 Å². The van der Waals surface area contributed by atoms with Crippen molar-refractivity contribution in [1.29, 1.82) is 0 Å². The zero-order valence-electron chi connectivity index (χ0n) is 5.39. The van der Waals surface area contributed by atoms with Gasteiger partial charge in [-0.2, -0.15) is 0 Å². The summed E-state index contributed by atoms with van der Waals surface area (Å²) in [5.41, 5.74) is 0. The predicted molar refractivity (Wildman–Crippen MR) is 33.6 cm³/mol. The van der Waals surface area contributed by atoms with Crippen LogP contribution in [0.4, 0.5) is 0 Å². The maximum atomic E-state index is 5.18. The molecule has 1 nitrogen and oxygen atoms in total. The number of hydrogen-bond donors (Lipinski definition) is 0. The molecule has 1 aliphatic heterocycles. The Bertz CT molecular complexity index is 57.4. The average molecular weight is 113 g/mol. The topological polar surface area (TPSA) is 9.23 Å². The van der Waals surface area contributed by atoms with Crippen molar-refractivity contribution in [3.63, 3.8) is 0 Å². The molecule has 0 bridgehead atoms. The van der Waals surface area contributed by atoms with Crippen LogP contribution in [0.3, 0.4) is 0 Å². The second kappa shape index (κ2) is 3.08. The summed E-state index contributed by atoms with van der Waals surface area (Å²) in [5.74, 6) is 0. The Labute approximate surface area is 51.0 Å². The monoisotopic (exact) mass is 113 g/mol. The summed E-state index contributed by atoms with van der Waals surface area (Å²) >= 11 is 0. The van der Waals surface area contributed by atoms with E-state index in [0.717, 1.165) is 6.61 Å². The Morgan fingerprint density at radius 3 is 2.88 bits per heavy atom. The van der Waals surface area contributed by atoms with Crippen molar-refractivity contribution in [2.24, 2.45) is 0 Å². The molecule has 0 saturated carbocycles. The lowest BCUT2D eigenvalue weighted by atomic mass is 10.1. The molecule has 1 atom stereocenters. The minimum absolute atomic E-state index is 0.509. The van der Waals surface area contributed by atoms with Crippen LogP contribution in [0, 0.1) is 6.42 Å². The van der Waals surface area contributed by atoms with Gasteiger partial charge in [0.05, 0.1) is 6.10 Å². The van der Waals surface area contributed by atoms with E-state index in [1.54, 1.807) is 0 Å². The van der Waals surface area contributed by atoms with Gasteiger partial charge >= 0.3 is 0 Å². The quantitative estimate of drug-likeness (QED) is 0.542. The van der Waals surface area contributed by atoms with Gasteiger partial charge in [0, 0.05) is 6.61 Å². The van der Waals surface area contributed by atoms with Gasteiger partial charge in [0.15, 0.2) is 0 Å². The lowest BCUT2D eigenvalue weighted by Crippen LogP contribution is -2.26. The fourth-order valence-corrected chi connectivity index (χ4v) is 0.792. The van der Waals surface area contributed by atoms with Crippen molar-refractivity contribution in [2.75, 3.05) is 6.61 Å². The number of ether oxygens (including phenoxy) is 1. The highest BCUT2D eigenvalue weighted by molar-refractivity contribution is 4.81. The van der Waals surface area contributed by atoms with E-state index in [1.807, 2.05) is 0 Å². The van der Waals surface area contributed by atoms with Crippen LogP contribution in [0.25, 0.3) is 0 Å². The molecule has 47 valence electrons. The van der Waals surface area contributed by atoms with Crippen molar-refractivity contribution in [3.8, 4) is 0 Å². The van der Waals surface area contributed by atoms with Crippen LogP contribution in [-0.2, 0) is 4.74 Å². The summed E-state index contributed by atoms with van der Waals surface area (Å²) in [7, 11) is 0. The molecule has 1 unspecified atom stereocenters. The smallest absolute Gasteiger partial charge is 0.0628 e. The molecule has 0 aliphatic carbocycles. The van der Waals surface area contributed by atoms with Gasteiger partial charge in [0.25, 0.3) is 0 Å². The maximum Gasteiger partial charge on any atom is 0.0628 e. The highest BCUT2D eigenvalue weighted by Crippen LogP contribution is 2.15. The van der Waals surface area contributed by atoms with Gasteiger partial charge in [0.2, 0.25) is 0 Å². The van der Waals surface area contributed by atoms with Gasteiger partial charge < -0.3 is 4.74 Å². The molecule has 0 spiro atoms. The van der Waals surface area contributed by atoms with E-state index in [9.17, 15) is 0 Å². The molecule has 1 radical (unpaired) electrons. The SMILES string of the molecule is CCC[CH]C1CCO1. The van der Waals surface area contributed by atoms with Crippen LogP contribution < -0.4 is 0 Å². The Kier molecular flexibility index (Phi) is 2.34. The van der Waals surface area contributed by atoms with Gasteiger partial charge in [-0.25, -0.2) is 0 Å². The maximum absolute atomic E-state index is 5.18. The van der Waals surface area contributed by atoms with E-state index in [-0.39, 0.29) is 0 Å². The van der Waals surface area contributed by atoms with Gasteiger partial charge in [0.1, 0.15) is 0 Å².